The molecule has 0 amide bonds. The Bertz CT molecular complexity index is 1510. The average molecular weight is 405 g/mol. The Kier molecular flexibility index (Phi) is 3.61. The van der Waals surface area contributed by atoms with E-state index in [9.17, 15) is 0 Å². The Morgan fingerprint density at radius 2 is 0.935 bits per heavy atom. The molecule has 2 aromatic heterocycles. The van der Waals surface area contributed by atoms with Gasteiger partial charge < -0.3 is 9.13 Å². The lowest BCUT2D eigenvalue weighted by Crippen LogP contribution is -2.27. The van der Waals surface area contributed by atoms with E-state index in [1.54, 1.807) is 0 Å². The summed E-state index contributed by atoms with van der Waals surface area (Å²) in [7, 11) is 4.22. The topological polar surface area (TPSA) is 35.6 Å². The van der Waals surface area contributed by atoms with Crippen LogP contribution in [-0.4, -0.2) is 19.1 Å². The SMILES string of the molecule is Cn1c(C(C)(C)c2nc3cc4ccccc4cc3n2C)nc2cc3ccccc3cc21. The smallest absolute Gasteiger partial charge is 0.122 e. The number of hydrogen-bond acceptors (Lipinski definition) is 2. The van der Waals surface area contributed by atoms with Crippen molar-refractivity contribution in [3.05, 3.63) is 84.4 Å². The second-order valence-corrected chi connectivity index (χ2v) is 8.99. The van der Waals surface area contributed by atoms with Crippen molar-refractivity contribution in [3.63, 3.8) is 0 Å². The fraction of sp³-hybridized carbons (Fsp3) is 0.185. The van der Waals surface area contributed by atoms with E-state index < -0.39 is 0 Å². The molecular formula is C27H24N4. The zero-order chi connectivity index (χ0) is 21.3. The molecule has 0 aliphatic carbocycles. The molecule has 0 spiro atoms. The molecule has 0 aliphatic heterocycles. The van der Waals surface area contributed by atoms with E-state index in [-0.39, 0.29) is 5.41 Å². The Hall–Kier alpha value is -3.66. The molecule has 0 radical (unpaired) electrons. The number of nitrogens with zero attached hydrogens (tertiary/aromatic N) is 4. The van der Waals surface area contributed by atoms with Crippen molar-refractivity contribution in [2.75, 3.05) is 0 Å². The first-order valence-electron chi connectivity index (χ1n) is 10.6. The summed E-state index contributed by atoms with van der Waals surface area (Å²) < 4.78 is 4.44. The third-order valence-electron chi connectivity index (χ3n) is 6.61. The van der Waals surface area contributed by atoms with Gasteiger partial charge in [-0.2, -0.15) is 0 Å². The fourth-order valence-electron chi connectivity index (χ4n) is 4.97. The van der Waals surface area contributed by atoms with Crippen molar-refractivity contribution >= 4 is 43.6 Å². The summed E-state index contributed by atoms with van der Waals surface area (Å²) in [6, 6.07) is 25.8. The number of aromatic nitrogens is 4. The predicted molar refractivity (Wildman–Crippen MR) is 129 cm³/mol. The minimum atomic E-state index is -0.361. The summed E-state index contributed by atoms with van der Waals surface area (Å²) in [5.74, 6) is 2.03. The molecule has 4 heteroatoms. The lowest BCUT2D eigenvalue weighted by Gasteiger charge is -2.23. The molecule has 0 N–H and O–H groups in total. The molecular weight excluding hydrogens is 380 g/mol. The van der Waals surface area contributed by atoms with Gasteiger partial charge in [-0.1, -0.05) is 48.5 Å². The van der Waals surface area contributed by atoms with Crippen molar-refractivity contribution in [2.45, 2.75) is 19.3 Å². The molecule has 0 fully saturated rings. The van der Waals surface area contributed by atoms with Gasteiger partial charge in [-0.05, 0) is 59.7 Å². The first kappa shape index (κ1) is 18.1. The van der Waals surface area contributed by atoms with Gasteiger partial charge in [-0.25, -0.2) is 9.97 Å². The van der Waals surface area contributed by atoms with Crippen LogP contribution in [0.4, 0.5) is 0 Å². The first-order chi connectivity index (χ1) is 14.9. The lowest BCUT2D eigenvalue weighted by molar-refractivity contribution is 0.516. The van der Waals surface area contributed by atoms with Crippen molar-refractivity contribution < 1.29 is 0 Å². The Balaban J connectivity index is 1.58. The molecule has 31 heavy (non-hydrogen) atoms. The van der Waals surface area contributed by atoms with E-state index in [0.29, 0.717) is 0 Å². The van der Waals surface area contributed by atoms with Gasteiger partial charge in [0.15, 0.2) is 0 Å². The van der Waals surface area contributed by atoms with Gasteiger partial charge in [0, 0.05) is 14.1 Å². The van der Waals surface area contributed by atoms with E-state index >= 15 is 0 Å². The molecule has 152 valence electrons. The third-order valence-corrected chi connectivity index (χ3v) is 6.61. The molecule has 6 rings (SSSR count). The lowest BCUT2D eigenvalue weighted by atomic mass is 9.91. The molecule has 0 atom stereocenters. The van der Waals surface area contributed by atoms with Crippen molar-refractivity contribution in [1.82, 2.24) is 19.1 Å². The van der Waals surface area contributed by atoms with Gasteiger partial charge in [0.1, 0.15) is 11.6 Å². The van der Waals surface area contributed by atoms with Gasteiger partial charge in [-0.3, -0.25) is 0 Å². The number of fused-ring (bicyclic) bond motifs is 4. The number of aryl methyl sites for hydroxylation is 2. The predicted octanol–water partition coefficient (Wildman–Crippen LogP) is 6.09. The van der Waals surface area contributed by atoms with Crippen LogP contribution in [-0.2, 0) is 19.5 Å². The number of benzene rings is 4. The second-order valence-electron chi connectivity index (χ2n) is 8.99. The maximum atomic E-state index is 5.09. The maximum Gasteiger partial charge on any atom is 0.122 e. The highest BCUT2D eigenvalue weighted by atomic mass is 15.1. The van der Waals surface area contributed by atoms with Crippen LogP contribution in [0.1, 0.15) is 25.5 Å². The van der Waals surface area contributed by atoms with Gasteiger partial charge in [-0.15, -0.1) is 0 Å². The van der Waals surface area contributed by atoms with E-state index in [1.165, 1.54) is 21.5 Å². The molecule has 2 heterocycles. The van der Waals surface area contributed by atoms with Crippen LogP contribution in [0.3, 0.4) is 0 Å². The van der Waals surface area contributed by atoms with Crippen molar-refractivity contribution in [3.8, 4) is 0 Å². The highest BCUT2D eigenvalue weighted by molar-refractivity contribution is 5.96. The summed E-state index contributed by atoms with van der Waals surface area (Å²) in [5, 5.41) is 4.90. The average Bonchev–Trinajstić information content (AvgIpc) is 3.28. The van der Waals surface area contributed by atoms with Crippen molar-refractivity contribution in [1.29, 1.82) is 0 Å². The van der Waals surface area contributed by atoms with Gasteiger partial charge in [0.25, 0.3) is 0 Å². The van der Waals surface area contributed by atoms with Crippen LogP contribution < -0.4 is 0 Å². The molecule has 4 aromatic carbocycles. The summed E-state index contributed by atoms with van der Waals surface area (Å²) in [5.41, 5.74) is 3.97. The van der Waals surface area contributed by atoms with E-state index in [1.807, 2.05) is 0 Å². The second kappa shape index (κ2) is 6.17. The van der Waals surface area contributed by atoms with Crippen LogP contribution in [0.5, 0.6) is 0 Å². The normalized spacial score (nSPS) is 12.5. The largest absolute Gasteiger partial charge is 0.330 e. The molecule has 6 aromatic rings. The van der Waals surface area contributed by atoms with Gasteiger partial charge in [0.05, 0.1) is 27.5 Å². The standard InChI is InChI=1S/C27H24N4/c1-27(2,25-28-21-13-17-9-5-7-11-19(17)15-23(21)30(25)3)26-29-22-14-18-10-6-8-12-20(18)16-24(22)31(26)4/h5-16H,1-4H3. The van der Waals surface area contributed by atoms with Crippen LogP contribution >= 0.6 is 0 Å². The quantitative estimate of drug-likeness (QED) is 0.350. The summed E-state index contributed by atoms with van der Waals surface area (Å²) in [4.78, 5) is 10.2. The maximum absolute atomic E-state index is 5.09. The summed E-state index contributed by atoms with van der Waals surface area (Å²) in [6.45, 7) is 4.43. The monoisotopic (exact) mass is 404 g/mol. The van der Waals surface area contributed by atoms with Crippen LogP contribution in [0.15, 0.2) is 72.8 Å². The minimum absolute atomic E-state index is 0.361. The first-order valence-corrected chi connectivity index (χ1v) is 10.6. The van der Waals surface area contributed by atoms with Crippen molar-refractivity contribution in [2.24, 2.45) is 14.1 Å². The van der Waals surface area contributed by atoms with Gasteiger partial charge in [0.2, 0.25) is 0 Å². The zero-order valence-electron chi connectivity index (χ0n) is 18.2. The van der Waals surface area contributed by atoms with E-state index in [0.717, 1.165) is 33.7 Å². The third kappa shape index (κ3) is 2.54. The Morgan fingerprint density at radius 1 is 0.581 bits per heavy atom. The van der Waals surface area contributed by atoms with E-state index in [2.05, 4.69) is 110 Å². The van der Waals surface area contributed by atoms with Crippen LogP contribution in [0, 0.1) is 0 Å². The number of imidazole rings is 2. The number of hydrogen-bond donors (Lipinski definition) is 0. The Morgan fingerprint density at radius 3 is 1.32 bits per heavy atom. The highest BCUT2D eigenvalue weighted by Gasteiger charge is 2.33. The molecule has 4 nitrogen and oxygen atoms in total. The highest BCUT2D eigenvalue weighted by Crippen LogP contribution is 2.35. The summed E-state index contributed by atoms with van der Waals surface area (Å²) in [6.07, 6.45) is 0. The Labute approximate surface area is 180 Å². The van der Waals surface area contributed by atoms with E-state index in [4.69, 9.17) is 9.97 Å². The number of rotatable bonds is 2. The van der Waals surface area contributed by atoms with Crippen LogP contribution in [0.25, 0.3) is 43.6 Å². The van der Waals surface area contributed by atoms with Crippen LogP contribution in [0.2, 0.25) is 0 Å². The molecule has 0 saturated heterocycles. The minimum Gasteiger partial charge on any atom is -0.330 e. The molecule has 0 aliphatic rings. The molecule has 0 bridgehead atoms. The summed E-state index contributed by atoms with van der Waals surface area (Å²) >= 11 is 0. The fourth-order valence-corrected chi connectivity index (χ4v) is 4.97. The molecule has 0 saturated carbocycles. The van der Waals surface area contributed by atoms with Gasteiger partial charge >= 0.3 is 0 Å². The zero-order valence-corrected chi connectivity index (χ0v) is 18.2. The molecule has 0 unspecified atom stereocenters.